The van der Waals surface area contributed by atoms with Gasteiger partial charge in [-0.05, 0) is 74.9 Å². The maximum Gasteiger partial charge on any atom is -1.00 e. The number of halogens is 2. The van der Waals surface area contributed by atoms with Crippen LogP contribution in [-0.4, -0.2) is 3.21 Å². The molecule has 0 aliphatic heterocycles. The van der Waals surface area contributed by atoms with Crippen LogP contribution < -0.4 is 24.8 Å². The molecule has 0 nitrogen and oxygen atoms in total. The van der Waals surface area contributed by atoms with Crippen molar-refractivity contribution < 1.29 is 49.0 Å². The van der Waals surface area contributed by atoms with Gasteiger partial charge in [0, 0.05) is 0 Å². The van der Waals surface area contributed by atoms with Crippen LogP contribution in [0.5, 0.6) is 0 Å². The smallest absolute Gasteiger partial charge is 1.00 e. The van der Waals surface area contributed by atoms with E-state index in [1.165, 1.54) is 132 Å². The molecule has 0 bridgehead atoms. The van der Waals surface area contributed by atoms with Crippen molar-refractivity contribution in [3.05, 3.63) is 195 Å². The molecule has 0 spiro atoms. The van der Waals surface area contributed by atoms with Gasteiger partial charge in [-0.25, -0.2) is 6.08 Å². The quantitative estimate of drug-likeness (QED) is 0.151. The molecule has 0 saturated carbocycles. The second kappa shape index (κ2) is 20.9. The van der Waals surface area contributed by atoms with E-state index in [4.69, 9.17) is 0 Å². The summed E-state index contributed by atoms with van der Waals surface area (Å²) < 4.78 is 1.42. The molecule has 7 aromatic rings. The summed E-state index contributed by atoms with van der Waals surface area (Å²) in [7, 11) is 0. The number of rotatable bonds is 5. The molecule has 1 atom stereocenters. The van der Waals surface area contributed by atoms with E-state index in [9.17, 15) is 0 Å². The second-order valence-electron chi connectivity index (χ2n) is 18.4. The molecule has 7 aromatic carbocycles. The SMILES string of the molecule is CC(C)C1[C-]=CC(C(C)(C)C)=C1.Cc1cc(C)c(-c2ccc3c(c2)[cH-]c2cc(-c4c(C)cc(C)cc4C)ccc23)c(C)c1.Cc1ccc([C](=[Zr+2])c2ccc(C)cc2)cc1.[Cl-].[Cl-]. The fourth-order valence-corrected chi connectivity index (χ4v) is 9.36. The van der Waals surface area contributed by atoms with Gasteiger partial charge >= 0.3 is 112 Å². The maximum atomic E-state index is 3.40. The van der Waals surface area contributed by atoms with Crippen molar-refractivity contribution in [1.82, 2.24) is 0 Å². The molecule has 0 aromatic heterocycles. The Kier molecular flexibility index (Phi) is 17.0. The zero-order chi connectivity index (χ0) is 42.8. The van der Waals surface area contributed by atoms with E-state index in [2.05, 4.69) is 223 Å². The van der Waals surface area contributed by atoms with Gasteiger partial charge in [0.25, 0.3) is 0 Å². The first-order valence-corrected chi connectivity index (χ1v) is 22.5. The fraction of sp³-hybridized carbons (Fsp3) is 0.276. The molecule has 3 heteroatoms. The van der Waals surface area contributed by atoms with Crippen LogP contribution in [0.25, 0.3) is 43.8 Å². The largest absolute Gasteiger partial charge is 1.00 e. The first kappa shape index (κ1) is 49.7. The van der Waals surface area contributed by atoms with Crippen LogP contribution >= 0.6 is 0 Å². The Hall–Kier alpha value is -4.00. The van der Waals surface area contributed by atoms with Gasteiger partial charge in [0.2, 0.25) is 0 Å². The van der Waals surface area contributed by atoms with E-state index < -0.39 is 0 Å². The summed E-state index contributed by atoms with van der Waals surface area (Å²) in [6.45, 7) is 28.7. The summed E-state index contributed by atoms with van der Waals surface area (Å²) in [5.74, 6) is 1.22. The Morgan fingerprint density at radius 1 is 0.541 bits per heavy atom. The molecular weight excluding hydrogens is 859 g/mol. The minimum absolute atomic E-state index is 0. The predicted octanol–water partition coefficient (Wildman–Crippen LogP) is 9.93. The molecule has 1 unspecified atom stereocenters. The second-order valence-corrected chi connectivity index (χ2v) is 19.6. The normalized spacial score (nSPS) is 13.2. The van der Waals surface area contributed by atoms with E-state index >= 15 is 0 Å². The summed E-state index contributed by atoms with van der Waals surface area (Å²) in [6, 6.07) is 42.9. The molecule has 314 valence electrons. The van der Waals surface area contributed by atoms with Crippen molar-refractivity contribution >= 4 is 24.8 Å². The molecule has 0 radical (unpaired) electrons. The van der Waals surface area contributed by atoms with Crippen LogP contribution in [0.2, 0.25) is 0 Å². The minimum Gasteiger partial charge on any atom is -1.00 e. The molecule has 0 N–H and O–H groups in total. The Bertz CT molecular complexity index is 2490. The van der Waals surface area contributed by atoms with E-state index in [1.54, 1.807) is 0 Å². The van der Waals surface area contributed by atoms with Crippen LogP contribution in [0.3, 0.4) is 0 Å². The average molecular weight is 921 g/mol. The number of fused-ring (bicyclic) bond motifs is 3. The third-order valence-electron chi connectivity index (χ3n) is 11.7. The Morgan fingerprint density at radius 2 is 0.918 bits per heavy atom. The summed E-state index contributed by atoms with van der Waals surface area (Å²) >= 11 is 1.46. The monoisotopic (exact) mass is 918 g/mol. The van der Waals surface area contributed by atoms with Crippen molar-refractivity contribution in [3.63, 3.8) is 0 Å². The first-order chi connectivity index (χ1) is 27.9. The fourth-order valence-electron chi connectivity index (χ4n) is 8.54. The molecule has 0 fully saturated rings. The van der Waals surface area contributed by atoms with Crippen LogP contribution in [0.1, 0.15) is 90.3 Å². The molecule has 1 aliphatic carbocycles. The van der Waals surface area contributed by atoms with Crippen LogP contribution in [0.15, 0.2) is 133 Å². The molecule has 0 amide bonds. The topological polar surface area (TPSA) is 0 Å². The molecule has 1 aliphatic rings. The third-order valence-corrected chi connectivity index (χ3v) is 13.1. The van der Waals surface area contributed by atoms with E-state index in [1.807, 2.05) is 0 Å². The van der Waals surface area contributed by atoms with Gasteiger partial charge in [0.05, 0.1) is 0 Å². The Balaban J connectivity index is 0.000000229. The van der Waals surface area contributed by atoms with Gasteiger partial charge in [-0.2, -0.15) is 11.6 Å². The van der Waals surface area contributed by atoms with Gasteiger partial charge in [0.1, 0.15) is 0 Å². The van der Waals surface area contributed by atoms with E-state index in [0.29, 0.717) is 11.8 Å². The third kappa shape index (κ3) is 11.9. The molecule has 61 heavy (non-hydrogen) atoms. The van der Waals surface area contributed by atoms with Crippen LogP contribution in [0, 0.1) is 78.7 Å². The summed E-state index contributed by atoms with van der Waals surface area (Å²) in [5, 5.41) is 5.32. The molecule has 0 saturated heterocycles. The van der Waals surface area contributed by atoms with Crippen molar-refractivity contribution in [2.45, 2.75) is 90.0 Å². The van der Waals surface area contributed by atoms with Crippen LogP contribution in [0.4, 0.5) is 0 Å². The van der Waals surface area contributed by atoms with Gasteiger partial charge in [-0.3, -0.25) is 6.08 Å². The first-order valence-electron chi connectivity index (χ1n) is 21.2. The standard InChI is InChI=1S/C31H29.C15H14.C12H19.2ClH.Zr/c1-18-11-20(3)30(21(4)12-18)24-7-9-28-26(15-24)17-27-16-25(8-10-29(27)28)31-22(5)13-19(2)14-23(31)6;1-12-3-7-14(8-4-12)11-15-9-5-13(2)6-10-15;1-9(2)10-6-7-11(8-10)12(3,4)5;;;/h7-17H,1-6H3;3-10H,1-2H3;7-10H,1-5H3;2*1H;/q-1;;-1;;;+2/p-2. The van der Waals surface area contributed by atoms with Crippen molar-refractivity contribution in [2.75, 3.05) is 0 Å². The predicted molar refractivity (Wildman–Crippen MR) is 256 cm³/mol. The van der Waals surface area contributed by atoms with Gasteiger partial charge in [-0.1, -0.05) is 123 Å². The Labute approximate surface area is 395 Å². The number of aryl methyl sites for hydroxylation is 8. The average Bonchev–Trinajstić information content (AvgIpc) is 3.81. The van der Waals surface area contributed by atoms with Crippen molar-refractivity contribution in [2.24, 2.45) is 17.3 Å². The van der Waals surface area contributed by atoms with Gasteiger partial charge < -0.3 is 24.8 Å². The molecule has 8 rings (SSSR count). The van der Waals surface area contributed by atoms with Crippen molar-refractivity contribution in [1.29, 1.82) is 0 Å². The molecule has 0 heterocycles. The van der Waals surface area contributed by atoms with Gasteiger partial charge in [-0.15, -0.1) is 39.7 Å². The minimum atomic E-state index is 0. The number of allylic oxidation sites excluding steroid dienone is 4. The molecular formula is C58H62Cl2Zr-2. The Morgan fingerprint density at radius 3 is 1.23 bits per heavy atom. The number of benzene rings is 6. The van der Waals surface area contributed by atoms with Crippen molar-refractivity contribution in [3.8, 4) is 22.3 Å². The number of hydrogen-bond acceptors (Lipinski definition) is 0. The van der Waals surface area contributed by atoms with E-state index in [-0.39, 0.29) is 30.2 Å². The van der Waals surface area contributed by atoms with Gasteiger partial charge in [0.15, 0.2) is 0 Å². The summed E-state index contributed by atoms with van der Waals surface area (Å²) in [6.07, 6.45) is 7.90. The van der Waals surface area contributed by atoms with E-state index in [0.717, 1.165) is 0 Å². The zero-order valence-electron chi connectivity index (χ0n) is 38.5. The number of hydrogen-bond donors (Lipinski definition) is 0. The summed E-state index contributed by atoms with van der Waals surface area (Å²) in [4.78, 5) is 0. The zero-order valence-corrected chi connectivity index (χ0v) is 42.5. The maximum absolute atomic E-state index is 3.40. The summed E-state index contributed by atoms with van der Waals surface area (Å²) in [5.41, 5.74) is 20.4. The van der Waals surface area contributed by atoms with Crippen LogP contribution in [-0.2, 0) is 24.2 Å².